The Hall–Kier alpha value is -3.41. The first kappa shape index (κ1) is 71.6. The molecule has 0 radical (unpaired) electrons. The lowest BCUT2D eigenvalue weighted by molar-refractivity contribution is -0.167. The summed E-state index contributed by atoms with van der Waals surface area (Å²) in [6, 6.07) is 0. The Morgan fingerprint density at radius 1 is 0.280 bits per heavy atom. The lowest BCUT2D eigenvalue weighted by Gasteiger charge is -2.18. The van der Waals surface area contributed by atoms with Crippen LogP contribution in [0.5, 0.6) is 0 Å². The predicted molar refractivity (Wildman–Crippen MR) is 325 cm³/mol. The maximum atomic E-state index is 12.9. The van der Waals surface area contributed by atoms with Gasteiger partial charge in [0, 0.05) is 19.3 Å². The monoisotopic (exact) mass is 1040 g/mol. The Kier molecular flexibility index (Phi) is 60.3. The first-order valence-corrected chi connectivity index (χ1v) is 32.1. The molecule has 0 saturated carbocycles. The Bertz CT molecular complexity index is 1430. The minimum absolute atomic E-state index is 0.0809. The van der Waals surface area contributed by atoms with Crippen molar-refractivity contribution in [2.75, 3.05) is 13.2 Å². The fraction of sp³-hybridized carbons (Fsp3) is 0.754. The van der Waals surface area contributed by atoms with Gasteiger partial charge in [-0.15, -0.1) is 0 Å². The summed E-state index contributed by atoms with van der Waals surface area (Å²) in [6.07, 6.45) is 83.1. The van der Waals surface area contributed by atoms with E-state index in [0.717, 1.165) is 109 Å². The van der Waals surface area contributed by atoms with Gasteiger partial charge in [-0.05, 0) is 116 Å². The molecule has 0 spiro atoms. The van der Waals surface area contributed by atoms with E-state index in [-0.39, 0.29) is 31.1 Å². The molecule has 0 heterocycles. The van der Waals surface area contributed by atoms with E-state index in [9.17, 15) is 14.4 Å². The van der Waals surface area contributed by atoms with E-state index in [4.69, 9.17) is 14.2 Å². The van der Waals surface area contributed by atoms with Gasteiger partial charge in [0.2, 0.25) is 0 Å². The van der Waals surface area contributed by atoms with Crippen molar-refractivity contribution >= 4 is 17.9 Å². The molecule has 0 aromatic heterocycles. The standard InChI is InChI=1S/C69H120O6/c1-4-7-10-13-16-19-22-25-27-29-30-31-32-33-34-35-36-37-38-39-40-41-43-44-47-50-53-56-59-62-68(71)74-65-66(64-73-67(70)61-58-55-52-49-46-24-21-18-15-12-9-6-3)75-69(72)63-60-57-54-51-48-45-42-28-26-23-20-17-14-11-8-5-2/h7,10,16,18-19,21,25,27-28,30-31,33-34,42,66H,4-6,8-9,11-15,17,20,22-24,26,29,32,35-41,43-65H2,1-3H3/b10-7-,19-16-,21-18-,27-25-,31-30-,34-33-,42-28-. The molecular formula is C69H120O6. The number of carbonyl (C=O) groups excluding carboxylic acids is 3. The highest BCUT2D eigenvalue weighted by atomic mass is 16.6. The second-order valence-corrected chi connectivity index (χ2v) is 21.3. The summed E-state index contributed by atoms with van der Waals surface area (Å²) >= 11 is 0. The van der Waals surface area contributed by atoms with E-state index in [0.29, 0.717) is 19.3 Å². The number of rotatable bonds is 58. The van der Waals surface area contributed by atoms with Gasteiger partial charge in [-0.2, -0.15) is 0 Å². The highest BCUT2D eigenvalue weighted by Crippen LogP contribution is 2.16. The highest BCUT2D eigenvalue weighted by Gasteiger charge is 2.19. The average Bonchev–Trinajstić information content (AvgIpc) is 3.41. The molecule has 432 valence electrons. The van der Waals surface area contributed by atoms with Gasteiger partial charge in [-0.25, -0.2) is 0 Å². The number of ether oxygens (including phenoxy) is 3. The van der Waals surface area contributed by atoms with Crippen molar-refractivity contribution in [1.29, 1.82) is 0 Å². The van der Waals surface area contributed by atoms with Crippen LogP contribution in [0.4, 0.5) is 0 Å². The van der Waals surface area contributed by atoms with Crippen LogP contribution in [0, 0.1) is 0 Å². The van der Waals surface area contributed by atoms with Gasteiger partial charge in [0.25, 0.3) is 0 Å². The number of allylic oxidation sites excluding steroid dienone is 14. The Labute approximate surface area is 465 Å². The van der Waals surface area contributed by atoms with Crippen LogP contribution in [0.25, 0.3) is 0 Å². The van der Waals surface area contributed by atoms with Crippen LogP contribution in [0.2, 0.25) is 0 Å². The molecule has 0 amide bonds. The maximum Gasteiger partial charge on any atom is 0.306 e. The van der Waals surface area contributed by atoms with Crippen molar-refractivity contribution in [2.24, 2.45) is 0 Å². The molecule has 6 nitrogen and oxygen atoms in total. The molecule has 0 saturated heterocycles. The first-order chi connectivity index (χ1) is 37.0. The molecule has 0 bridgehead atoms. The second kappa shape index (κ2) is 63.1. The van der Waals surface area contributed by atoms with Crippen molar-refractivity contribution in [3.63, 3.8) is 0 Å². The minimum atomic E-state index is -0.784. The highest BCUT2D eigenvalue weighted by molar-refractivity contribution is 5.71. The third-order valence-corrected chi connectivity index (χ3v) is 13.9. The molecule has 0 aliphatic carbocycles. The summed E-state index contributed by atoms with van der Waals surface area (Å²) in [7, 11) is 0. The van der Waals surface area contributed by atoms with Gasteiger partial charge in [-0.1, -0.05) is 266 Å². The minimum Gasteiger partial charge on any atom is -0.462 e. The zero-order valence-corrected chi connectivity index (χ0v) is 49.6. The summed E-state index contributed by atoms with van der Waals surface area (Å²) in [5.41, 5.74) is 0. The van der Waals surface area contributed by atoms with Crippen LogP contribution in [-0.4, -0.2) is 37.2 Å². The molecule has 0 fully saturated rings. The number of unbranched alkanes of at least 4 members (excludes halogenated alkanes) is 33. The van der Waals surface area contributed by atoms with E-state index >= 15 is 0 Å². The Morgan fingerprint density at radius 3 is 0.853 bits per heavy atom. The molecule has 0 N–H and O–H groups in total. The van der Waals surface area contributed by atoms with Crippen LogP contribution >= 0.6 is 0 Å². The fourth-order valence-corrected chi connectivity index (χ4v) is 9.05. The van der Waals surface area contributed by atoms with E-state index in [1.165, 1.54) is 167 Å². The number of carbonyl (C=O) groups is 3. The fourth-order valence-electron chi connectivity index (χ4n) is 9.05. The van der Waals surface area contributed by atoms with Crippen molar-refractivity contribution in [2.45, 2.75) is 322 Å². The summed E-state index contributed by atoms with van der Waals surface area (Å²) in [5.74, 6) is -0.888. The van der Waals surface area contributed by atoms with Gasteiger partial charge in [0.05, 0.1) is 0 Å². The molecule has 0 aromatic carbocycles. The van der Waals surface area contributed by atoms with Crippen LogP contribution in [0.1, 0.15) is 316 Å². The third-order valence-electron chi connectivity index (χ3n) is 13.9. The summed E-state index contributed by atoms with van der Waals surface area (Å²) in [4.78, 5) is 38.2. The molecule has 1 atom stereocenters. The molecule has 0 aliphatic heterocycles. The molecular weight excluding hydrogens is 925 g/mol. The first-order valence-electron chi connectivity index (χ1n) is 32.1. The smallest absolute Gasteiger partial charge is 0.306 e. The number of hydrogen-bond acceptors (Lipinski definition) is 6. The summed E-state index contributed by atoms with van der Waals surface area (Å²) in [5, 5.41) is 0. The molecule has 1 unspecified atom stereocenters. The van der Waals surface area contributed by atoms with Crippen LogP contribution in [-0.2, 0) is 28.6 Å². The van der Waals surface area contributed by atoms with Crippen LogP contribution in [0.15, 0.2) is 85.1 Å². The molecule has 75 heavy (non-hydrogen) atoms. The number of esters is 3. The molecule has 6 heteroatoms. The topological polar surface area (TPSA) is 78.9 Å². The quantitative estimate of drug-likeness (QED) is 0.0261. The van der Waals surface area contributed by atoms with Crippen LogP contribution in [0.3, 0.4) is 0 Å². The SMILES string of the molecule is CC/C=C\C/C=C\C/C=C\C/C=C\C/C=C\CCCCCCCCCCCCCCCC(=O)OCC(COC(=O)CCCCCCC/C=C\CCCCC)OC(=O)CCCCCCC/C=C\CCCCCCCCC. The zero-order chi connectivity index (χ0) is 54.3. The molecule has 0 aromatic rings. The number of hydrogen-bond donors (Lipinski definition) is 0. The molecule has 0 rings (SSSR count). The summed E-state index contributed by atoms with van der Waals surface area (Å²) < 4.78 is 16.9. The van der Waals surface area contributed by atoms with E-state index < -0.39 is 6.10 Å². The van der Waals surface area contributed by atoms with Gasteiger partial charge in [0.1, 0.15) is 13.2 Å². The van der Waals surface area contributed by atoms with E-state index in [1.807, 2.05) is 0 Å². The predicted octanol–water partition coefficient (Wildman–Crippen LogP) is 21.9. The van der Waals surface area contributed by atoms with Crippen molar-refractivity contribution < 1.29 is 28.6 Å². The third kappa shape index (κ3) is 61.3. The van der Waals surface area contributed by atoms with Crippen LogP contribution < -0.4 is 0 Å². The van der Waals surface area contributed by atoms with Gasteiger partial charge in [-0.3, -0.25) is 14.4 Å². The average molecular weight is 1050 g/mol. The van der Waals surface area contributed by atoms with Gasteiger partial charge in [0.15, 0.2) is 6.10 Å². The summed E-state index contributed by atoms with van der Waals surface area (Å²) in [6.45, 7) is 6.51. The maximum absolute atomic E-state index is 12.9. The van der Waals surface area contributed by atoms with E-state index in [1.54, 1.807) is 0 Å². The Morgan fingerprint density at radius 2 is 0.520 bits per heavy atom. The second-order valence-electron chi connectivity index (χ2n) is 21.3. The van der Waals surface area contributed by atoms with Gasteiger partial charge < -0.3 is 14.2 Å². The van der Waals surface area contributed by atoms with Crippen molar-refractivity contribution in [1.82, 2.24) is 0 Å². The molecule has 0 aliphatic rings. The van der Waals surface area contributed by atoms with Gasteiger partial charge >= 0.3 is 17.9 Å². The lowest BCUT2D eigenvalue weighted by atomic mass is 10.0. The largest absolute Gasteiger partial charge is 0.462 e. The van der Waals surface area contributed by atoms with E-state index in [2.05, 4.69) is 106 Å². The normalized spacial score (nSPS) is 12.6. The van der Waals surface area contributed by atoms with Crippen molar-refractivity contribution in [3.05, 3.63) is 85.1 Å². The Balaban J connectivity index is 4.23. The van der Waals surface area contributed by atoms with Crippen molar-refractivity contribution in [3.8, 4) is 0 Å². The zero-order valence-electron chi connectivity index (χ0n) is 49.6. The lowest BCUT2D eigenvalue weighted by Crippen LogP contribution is -2.30.